The molecule has 158 valence electrons. The van der Waals surface area contributed by atoms with Gasteiger partial charge in [-0.15, -0.1) is 0 Å². The van der Waals surface area contributed by atoms with Crippen LogP contribution in [-0.2, 0) is 11.3 Å². The Balaban J connectivity index is 1.98. The van der Waals surface area contributed by atoms with Crippen LogP contribution >= 0.6 is 0 Å². The maximum atomic E-state index is 5.55. The molecule has 0 aliphatic carbocycles. The molecule has 1 fully saturated rings. The number of rotatable bonds is 8. The Hall–Kier alpha value is -2.19. The second-order valence-electron chi connectivity index (χ2n) is 7.18. The average molecular weight is 395 g/mol. The van der Waals surface area contributed by atoms with E-state index in [1.807, 2.05) is 12.1 Å². The van der Waals surface area contributed by atoms with Crippen molar-refractivity contribution in [3.63, 3.8) is 0 Å². The summed E-state index contributed by atoms with van der Waals surface area (Å²) in [5.41, 5.74) is 0.957. The van der Waals surface area contributed by atoms with Gasteiger partial charge in [0.05, 0.1) is 34.5 Å². The van der Waals surface area contributed by atoms with Crippen molar-refractivity contribution in [2.45, 2.75) is 25.9 Å². The molecule has 0 radical (unpaired) electrons. The van der Waals surface area contributed by atoms with Gasteiger partial charge in [0.15, 0.2) is 17.5 Å². The Morgan fingerprint density at radius 2 is 1.75 bits per heavy atom. The molecule has 0 spiro atoms. The molecular weight excluding hydrogens is 360 g/mol. The highest BCUT2D eigenvalue weighted by atomic mass is 16.5. The number of nitrogens with zero attached hydrogens (tertiary/aromatic N) is 2. The maximum Gasteiger partial charge on any atom is 0.203 e. The van der Waals surface area contributed by atoms with Crippen LogP contribution in [-0.4, -0.2) is 77.6 Å². The predicted octanol–water partition coefficient (Wildman–Crippen LogP) is 1.49. The first-order chi connectivity index (χ1) is 13.5. The van der Waals surface area contributed by atoms with Crippen LogP contribution in [0, 0.1) is 0 Å². The van der Waals surface area contributed by atoms with E-state index in [-0.39, 0.29) is 5.54 Å². The quantitative estimate of drug-likeness (QED) is 0.511. The Labute approximate surface area is 168 Å². The third-order valence-corrected chi connectivity index (χ3v) is 5.01. The average Bonchev–Trinajstić information content (AvgIpc) is 2.73. The van der Waals surface area contributed by atoms with Gasteiger partial charge in [0.2, 0.25) is 5.75 Å². The maximum absolute atomic E-state index is 5.55. The second kappa shape index (κ2) is 10.4. The zero-order valence-electron chi connectivity index (χ0n) is 17.9. The molecule has 8 nitrogen and oxygen atoms in total. The molecule has 0 atom stereocenters. The lowest BCUT2D eigenvalue weighted by atomic mass is 10.0. The van der Waals surface area contributed by atoms with Gasteiger partial charge < -0.3 is 29.6 Å². The minimum absolute atomic E-state index is 0.00240. The lowest BCUT2D eigenvalue weighted by Crippen LogP contribution is -2.56. The molecule has 0 aromatic heterocycles. The van der Waals surface area contributed by atoms with E-state index in [2.05, 4.69) is 34.4 Å². The van der Waals surface area contributed by atoms with Crippen LogP contribution in [0.5, 0.6) is 17.2 Å². The Bertz CT molecular complexity index is 658. The smallest absolute Gasteiger partial charge is 0.203 e. The summed E-state index contributed by atoms with van der Waals surface area (Å²) < 4.78 is 21.8. The van der Waals surface area contributed by atoms with Gasteiger partial charge in [-0.25, -0.2) is 0 Å². The minimum Gasteiger partial charge on any atom is -0.493 e. The molecule has 1 heterocycles. The van der Waals surface area contributed by atoms with Crippen LogP contribution in [0.25, 0.3) is 0 Å². The van der Waals surface area contributed by atoms with Gasteiger partial charge in [-0.05, 0) is 26.0 Å². The fraction of sp³-hybridized carbons (Fsp3) is 0.650. The molecule has 2 rings (SSSR count). The zero-order valence-corrected chi connectivity index (χ0v) is 17.9. The van der Waals surface area contributed by atoms with Crippen molar-refractivity contribution in [1.82, 2.24) is 15.5 Å². The van der Waals surface area contributed by atoms with Gasteiger partial charge in [-0.1, -0.05) is 0 Å². The van der Waals surface area contributed by atoms with Crippen molar-refractivity contribution in [2.24, 2.45) is 4.99 Å². The summed E-state index contributed by atoms with van der Waals surface area (Å²) in [6, 6.07) is 3.83. The molecule has 0 bridgehead atoms. The standard InChI is InChI=1S/C20H34N4O4/c1-20(2,24-9-11-28-12-10-24)14-23-19(21-3)22-13-15-7-8-16(25-4)18(27-6)17(15)26-5/h7-8H,9-14H2,1-6H3,(H2,21,22,23). The summed E-state index contributed by atoms with van der Waals surface area (Å²) >= 11 is 0. The normalized spacial score (nSPS) is 15.9. The van der Waals surface area contributed by atoms with E-state index in [9.17, 15) is 0 Å². The van der Waals surface area contributed by atoms with E-state index in [0.29, 0.717) is 23.8 Å². The van der Waals surface area contributed by atoms with E-state index in [1.54, 1.807) is 28.4 Å². The first-order valence-corrected chi connectivity index (χ1v) is 9.52. The highest BCUT2D eigenvalue weighted by Gasteiger charge is 2.28. The molecule has 1 aromatic carbocycles. The summed E-state index contributed by atoms with van der Waals surface area (Å²) in [5.74, 6) is 2.61. The van der Waals surface area contributed by atoms with Crippen molar-refractivity contribution >= 4 is 5.96 Å². The fourth-order valence-electron chi connectivity index (χ4n) is 3.28. The topological polar surface area (TPSA) is 76.6 Å². The summed E-state index contributed by atoms with van der Waals surface area (Å²) in [7, 11) is 6.60. The Morgan fingerprint density at radius 1 is 1.07 bits per heavy atom. The van der Waals surface area contributed by atoms with E-state index in [4.69, 9.17) is 18.9 Å². The molecule has 2 N–H and O–H groups in total. The SMILES string of the molecule is CN=C(NCc1ccc(OC)c(OC)c1OC)NCC(C)(C)N1CCOCC1. The van der Waals surface area contributed by atoms with Crippen LogP contribution in [0.2, 0.25) is 0 Å². The number of hydrogen-bond donors (Lipinski definition) is 2. The van der Waals surface area contributed by atoms with Crippen LogP contribution in [0.4, 0.5) is 0 Å². The highest BCUT2D eigenvalue weighted by molar-refractivity contribution is 5.79. The molecule has 1 aliphatic heterocycles. The predicted molar refractivity (Wildman–Crippen MR) is 111 cm³/mol. The summed E-state index contributed by atoms with van der Waals surface area (Å²) in [6.07, 6.45) is 0. The molecule has 1 aliphatic rings. The van der Waals surface area contributed by atoms with Gasteiger partial charge in [0.25, 0.3) is 0 Å². The monoisotopic (exact) mass is 394 g/mol. The van der Waals surface area contributed by atoms with Gasteiger partial charge in [-0.2, -0.15) is 0 Å². The van der Waals surface area contributed by atoms with Crippen LogP contribution in [0.1, 0.15) is 19.4 Å². The number of aliphatic imine (C=N–C) groups is 1. The molecule has 1 saturated heterocycles. The van der Waals surface area contributed by atoms with Crippen molar-refractivity contribution in [2.75, 3.05) is 61.2 Å². The molecule has 0 saturated carbocycles. The number of morpholine rings is 1. The molecule has 28 heavy (non-hydrogen) atoms. The largest absolute Gasteiger partial charge is 0.493 e. The Kier molecular flexibility index (Phi) is 8.19. The van der Waals surface area contributed by atoms with Crippen molar-refractivity contribution < 1.29 is 18.9 Å². The summed E-state index contributed by atoms with van der Waals surface area (Å²) in [6.45, 7) is 9.25. The molecule has 8 heteroatoms. The lowest BCUT2D eigenvalue weighted by molar-refractivity contribution is -0.00834. The molecule has 0 amide bonds. The van der Waals surface area contributed by atoms with E-state index >= 15 is 0 Å². The first kappa shape index (κ1) is 22.1. The Morgan fingerprint density at radius 3 is 2.32 bits per heavy atom. The highest BCUT2D eigenvalue weighted by Crippen LogP contribution is 2.39. The van der Waals surface area contributed by atoms with Gasteiger partial charge in [0, 0.05) is 44.3 Å². The number of ether oxygens (including phenoxy) is 4. The van der Waals surface area contributed by atoms with E-state index in [1.165, 1.54) is 0 Å². The van der Waals surface area contributed by atoms with Gasteiger partial charge >= 0.3 is 0 Å². The number of nitrogens with one attached hydrogen (secondary N) is 2. The first-order valence-electron chi connectivity index (χ1n) is 9.52. The second-order valence-corrected chi connectivity index (χ2v) is 7.18. The van der Waals surface area contributed by atoms with Crippen molar-refractivity contribution in [3.8, 4) is 17.2 Å². The van der Waals surface area contributed by atoms with E-state index < -0.39 is 0 Å². The van der Waals surface area contributed by atoms with Crippen LogP contribution in [0.3, 0.4) is 0 Å². The number of benzene rings is 1. The number of hydrogen-bond acceptors (Lipinski definition) is 6. The third-order valence-electron chi connectivity index (χ3n) is 5.01. The lowest BCUT2D eigenvalue weighted by Gasteiger charge is -2.41. The molecule has 0 unspecified atom stereocenters. The molecule has 1 aromatic rings. The zero-order chi connectivity index (χ0) is 20.6. The van der Waals surface area contributed by atoms with Crippen LogP contribution in [0.15, 0.2) is 17.1 Å². The van der Waals surface area contributed by atoms with Crippen molar-refractivity contribution in [3.05, 3.63) is 17.7 Å². The number of guanidine groups is 1. The van der Waals surface area contributed by atoms with Gasteiger partial charge in [-0.3, -0.25) is 9.89 Å². The van der Waals surface area contributed by atoms with E-state index in [0.717, 1.165) is 44.4 Å². The minimum atomic E-state index is 0.00240. The fourth-order valence-corrected chi connectivity index (χ4v) is 3.28. The van der Waals surface area contributed by atoms with Gasteiger partial charge in [0.1, 0.15) is 0 Å². The number of methoxy groups -OCH3 is 3. The summed E-state index contributed by atoms with van der Waals surface area (Å²) in [4.78, 5) is 6.78. The van der Waals surface area contributed by atoms with Crippen molar-refractivity contribution in [1.29, 1.82) is 0 Å². The third kappa shape index (κ3) is 5.42. The van der Waals surface area contributed by atoms with Crippen LogP contribution < -0.4 is 24.8 Å². The summed E-state index contributed by atoms with van der Waals surface area (Å²) in [5, 5.41) is 6.77. The molecular formula is C20H34N4O4.